The largest absolute Gasteiger partial charge is 1.00 e. The number of carbonyl (C=O) groups is 3. The molecule has 0 aliphatic rings. The number of ether oxygens (including phenoxy) is 2. The number of hydrogen-bond acceptors (Lipinski definition) is 7. The summed E-state index contributed by atoms with van der Waals surface area (Å²) in [5.41, 5.74) is 1.18. The van der Waals surface area contributed by atoms with Crippen LogP contribution in [0.2, 0.25) is 0 Å². The van der Waals surface area contributed by atoms with Crippen LogP contribution in [0.15, 0.2) is 60.7 Å². The number of benzene rings is 2. The fourth-order valence-electron chi connectivity index (χ4n) is 1.38. The van der Waals surface area contributed by atoms with Gasteiger partial charge in [0.1, 0.15) is 0 Å². The molecule has 0 radical (unpaired) electrons. The maximum absolute atomic E-state index is 10.8. The molecule has 0 unspecified atom stereocenters. The van der Waals surface area contributed by atoms with Crippen LogP contribution in [0.3, 0.4) is 0 Å². The monoisotopic (exact) mass is 410 g/mol. The van der Waals surface area contributed by atoms with E-state index >= 15 is 0 Å². The SMILES string of the molecule is COC(=O)c1ccccc1.COC(=O)c1ccccc1.O=C([O-])[O-].[K+].[K+]. The molecule has 9 heteroatoms. The van der Waals surface area contributed by atoms with Crippen molar-refractivity contribution in [1.82, 2.24) is 0 Å². The summed E-state index contributed by atoms with van der Waals surface area (Å²) < 4.78 is 8.99. The Morgan fingerprint density at radius 1 is 0.654 bits per heavy atom. The Bertz CT molecular complexity index is 579. The zero-order chi connectivity index (χ0) is 18.4. The van der Waals surface area contributed by atoms with E-state index in [-0.39, 0.29) is 115 Å². The van der Waals surface area contributed by atoms with E-state index in [2.05, 4.69) is 9.47 Å². The van der Waals surface area contributed by atoms with E-state index in [0.29, 0.717) is 11.1 Å². The zero-order valence-electron chi connectivity index (χ0n) is 15.1. The standard InChI is InChI=1S/2C8H8O2.CH2O3.2K/c2*1-10-8(9)7-5-3-2-4-6-7;2-1(3)4;;/h2*2-6H,1H3;(H2,2,3,4);;/q;;;2*+1/p-2. The number of esters is 2. The van der Waals surface area contributed by atoms with Gasteiger partial charge in [0.2, 0.25) is 0 Å². The van der Waals surface area contributed by atoms with Crippen molar-refractivity contribution in [3.63, 3.8) is 0 Å². The Kier molecular flexibility index (Phi) is 23.2. The Morgan fingerprint density at radius 3 is 1.08 bits per heavy atom. The maximum Gasteiger partial charge on any atom is 1.00 e. The van der Waals surface area contributed by atoms with Crippen LogP contribution in [0, 0.1) is 0 Å². The zero-order valence-corrected chi connectivity index (χ0v) is 21.4. The number of hydrogen-bond donors (Lipinski definition) is 0. The van der Waals surface area contributed by atoms with Gasteiger partial charge >= 0.3 is 115 Å². The summed E-state index contributed by atoms with van der Waals surface area (Å²) in [7, 11) is 2.74. The fourth-order valence-corrected chi connectivity index (χ4v) is 1.38. The molecule has 2 aromatic rings. The van der Waals surface area contributed by atoms with E-state index in [0.717, 1.165) is 0 Å². The van der Waals surface area contributed by atoms with Gasteiger partial charge in [0.15, 0.2) is 0 Å². The van der Waals surface area contributed by atoms with Crippen LogP contribution in [0.5, 0.6) is 0 Å². The first-order chi connectivity index (χ1) is 11.4. The minimum atomic E-state index is -2.33. The number of carboxylic acid groups (broad SMARTS) is 2. The first-order valence-electron chi connectivity index (χ1n) is 6.57. The van der Waals surface area contributed by atoms with Gasteiger partial charge in [-0.1, -0.05) is 36.4 Å². The molecule has 0 aliphatic carbocycles. The molecule has 0 heterocycles. The van der Waals surface area contributed by atoms with E-state index < -0.39 is 6.16 Å². The van der Waals surface area contributed by atoms with Crippen LogP contribution in [0.25, 0.3) is 0 Å². The summed E-state index contributed by atoms with van der Waals surface area (Å²) >= 11 is 0. The van der Waals surface area contributed by atoms with Gasteiger partial charge < -0.3 is 24.5 Å². The van der Waals surface area contributed by atoms with Gasteiger partial charge in [0.25, 0.3) is 0 Å². The summed E-state index contributed by atoms with van der Waals surface area (Å²) in [6.45, 7) is 0. The molecular weight excluding hydrogens is 394 g/mol. The third kappa shape index (κ3) is 16.1. The van der Waals surface area contributed by atoms with Gasteiger partial charge in [0.05, 0.1) is 25.3 Å². The average molecular weight is 411 g/mol. The van der Waals surface area contributed by atoms with Crippen LogP contribution in [0.4, 0.5) is 4.79 Å². The van der Waals surface area contributed by atoms with Crippen LogP contribution < -0.4 is 113 Å². The molecular formula is C17H16K2O7. The second-order valence-electron chi connectivity index (χ2n) is 3.97. The molecule has 2 aromatic carbocycles. The molecule has 0 atom stereocenters. The topological polar surface area (TPSA) is 116 Å². The predicted octanol–water partition coefficient (Wildman–Crippen LogP) is -5.49. The molecule has 0 aromatic heterocycles. The van der Waals surface area contributed by atoms with Crippen LogP contribution in [-0.4, -0.2) is 32.3 Å². The number of methoxy groups -OCH3 is 2. The normalized spacial score (nSPS) is 7.77. The van der Waals surface area contributed by atoms with Gasteiger partial charge in [0, 0.05) is 0 Å². The Morgan fingerprint density at radius 2 is 0.885 bits per heavy atom. The Hall–Kier alpha value is -0.0773. The van der Waals surface area contributed by atoms with Crippen molar-refractivity contribution in [3.05, 3.63) is 71.8 Å². The molecule has 0 spiro atoms. The van der Waals surface area contributed by atoms with Crippen molar-refractivity contribution in [2.24, 2.45) is 0 Å². The maximum atomic E-state index is 10.8. The first kappa shape index (κ1) is 30.6. The minimum Gasteiger partial charge on any atom is -0.652 e. The molecule has 2 rings (SSSR count). The van der Waals surface area contributed by atoms with Gasteiger partial charge in [-0.05, 0) is 30.4 Å². The summed E-state index contributed by atoms with van der Waals surface area (Å²) in [6.07, 6.45) is -2.33. The molecule has 26 heavy (non-hydrogen) atoms. The minimum absolute atomic E-state index is 0. The molecule has 0 saturated carbocycles. The van der Waals surface area contributed by atoms with Crippen molar-refractivity contribution < 1.29 is 137 Å². The fraction of sp³-hybridized carbons (Fsp3) is 0.118. The van der Waals surface area contributed by atoms with Crippen molar-refractivity contribution in [1.29, 1.82) is 0 Å². The third-order valence-corrected chi connectivity index (χ3v) is 2.39. The molecule has 0 aliphatic heterocycles. The smallest absolute Gasteiger partial charge is 0.652 e. The molecule has 128 valence electrons. The molecule has 0 fully saturated rings. The quantitative estimate of drug-likeness (QED) is 0.358. The molecule has 0 N–H and O–H groups in total. The van der Waals surface area contributed by atoms with Crippen molar-refractivity contribution in [3.8, 4) is 0 Å². The van der Waals surface area contributed by atoms with Gasteiger partial charge in [-0.2, -0.15) is 0 Å². The number of carbonyl (C=O) groups excluding carboxylic acids is 3. The van der Waals surface area contributed by atoms with Crippen LogP contribution >= 0.6 is 0 Å². The van der Waals surface area contributed by atoms with Crippen molar-refractivity contribution >= 4 is 18.1 Å². The number of rotatable bonds is 2. The first-order valence-corrected chi connectivity index (χ1v) is 6.57. The summed E-state index contributed by atoms with van der Waals surface area (Å²) in [5, 5.41) is 16.7. The van der Waals surface area contributed by atoms with E-state index in [1.165, 1.54) is 14.2 Å². The summed E-state index contributed by atoms with van der Waals surface area (Å²) in [6, 6.07) is 17.8. The summed E-state index contributed by atoms with van der Waals surface area (Å²) in [5.74, 6) is -0.582. The average Bonchev–Trinajstić information content (AvgIpc) is 2.62. The van der Waals surface area contributed by atoms with Crippen molar-refractivity contribution in [2.45, 2.75) is 0 Å². The molecule has 0 saturated heterocycles. The second kappa shape index (κ2) is 19.7. The Labute approximate surface area is 236 Å². The molecule has 0 amide bonds. The predicted molar refractivity (Wildman–Crippen MR) is 81.0 cm³/mol. The third-order valence-electron chi connectivity index (χ3n) is 2.39. The van der Waals surface area contributed by atoms with Gasteiger partial charge in [-0.25, -0.2) is 9.59 Å². The molecule has 7 nitrogen and oxygen atoms in total. The van der Waals surface area contributed by atoms with E-state index in [1.807, 2.05) is 12.1 Å². The van der Waals surface area contributed by atoms with Gasteiger partial charge in [-0.3, -0.25) is 0 Å². The van der Waals surface area contributed by atoms with E-state index in [4.69, 9.17) is 15.0 Å². The van der Waals surface area contributed by atoms with Crippen molar-refractivity contribution in [2.75, 3.05) is 14.2 Å². The second-order valence-corrected chi connectivity index (χ2v) is 3.97. The Balaban J connectivity index is -0.000000319. The molecule has 0 bridgehead atoms. The van der Waals surface area contributed by atoms with Gasteiger partial charge in [-0.15, -0.1) is 0 Å². The summed E-state index contributed by atoms with van der Waals surface area (Å²) in [4.78, 5) is 29.9. The van der Waals surface area contributed by atoms with Crippen LogP contribution in [0.1, 0.15) is 20.7 Å². The van der Waals surface area contributed by atoms with E-state index in [9.17, 15) is 9.59 Å². The van der Waals surface area contributed by atoms with E-state index in [1.54, 1.807) is 48.5 Å². The van der Waals surface area contributed by atoms with Crippen LogP contribution in [-0.2, 0) is 9.47 Å².